The van der Waals surface area contributed by atoms with Crippen LogP contribution in [-0.2, 0) is 4.79 Å². The predicted octanol–water partition coefficient (Wildman–Crippen LogP) is 3.14. The molecule has 2 N–H and O–H groups in total. The topological polar surface area (TPSA) is 80.6 Å². The fourth-order valence-electron chi connectivity index (χ4n) is 1.76. The minimum Gasteiger partial charge on any atom is -0.495 e. The van der Waals surface area contributed by atoms with Gasteiger partial charge in [-0.2, -0.15) is 0 Å². The van der Waals surface area contributed by atoms with E-state index in [0.29, 0.717) is 17.1 Å². The summed E-state index contributed by atoms with van der Waals surface area (Å²) < 4.78 is 10.2. The Labute approximate surface area is 128 Å². The van der Waals surface area contributed by atoms with Gasteiger partial charge < -0.3 is 19.8 Å². The summed E-state index contributed by atoms with van der Waals surface area (Å²) in [6.07, 6.45) is 1.43. The van der Waals surface area contributed by atoms with E-state index in [1.165, 1.54) is 13.4 Å². The summed E-state index contributed by atoms with van der Waals surface area (Å²) in [7, 11) is 1.52. The van der Waals surface area contributed by atoms with Gasteiger partial charge >= 0.3 is 0 Å². The van der Waals surface area contributed by atoms with Crippen molar-refractivity contribution >= 4 is 23.2 Å². The number of hydrogen-bond donors (Lipinski definition) is 2. The molecule has 0 aliphatic carbocycles. The highest BCUT2D eigenvalue weighted by Crippen LogP contribution is 2.28. The zero-order valence-electron chi connectivity index (χ0n) is 12.7. The highest BCUT2D eigenvalue weighted by atomic mass is 16.5. The Morgan fingerprint density at radius 1 is 1.18 bits per heavy atom. The van der Waals surface area contributed by atoms with Crippen molar-refractivity contribution in [3.63, 3.8) is 0 Å². The third-order valence-corrected chi connectivity index (χ3v) is 2.98. The fourth-order valence-corrected chi connectivity index (χ4v) is 1.76. The predicted molar refractivity (Wildman–Crippen MR) is 83.1 cm³/mol. The van der Waals surface area contributed by atoms with Gasteiger partial charge in [-0.25, -0.2) is 0 Å². The fraction of sp³-hybridized carbons (Fsp3) is 0.250. The van der Waals surface area contributed by atoms with Gasteiger partial charge in [0.2, 0.25) is 5.91 Å². The molecule has 1 aromatic carbocycles. The molecule has 0 saturated carbocycles. The van der Waals surface area contributed by atoms with Crippen molar-refractivity contribution in [2.24, 2.45) is 5.92 Å². The van der Waals surface area contributed by atoms with Gasteiger partial charge in [0.25, 0.3) is 5.91 Å². The normalized spacial score (nSPS) is 10.4. The highest BCUT2D eigenvalue weighted by Gasteiger charge is 2.13. The molecule has 2 rings (SSSR count). The molecule has 0 radical (unpaired) electrons. The largest absolute Gasteiger partial charge is 0.495 e. The number of hydrogen-bond acceptors (Lipinski definition) is 4. The summed E-state index contributed by atoms with van der Waals surface area (Å²) in [6, 6.07) is 8.20. The molecule has 0 aliphatic heterocycles. The molecule has 6 heteroatoms. The van der Waals surface area contributed by atoms with Crippen LogP contribution in [-0.4, -0.2) is 18.9 Å². The molecule has 0 unspecified atom stereocenters. The average molecular weight is 302 g/mol. The quantitative estimate of drug-likeness (QED) is 0.889. The second-order valence-electron chi connectivity index (χ2n) is 4.99. The number of methoxy groups -OCH3 is 1. The lowest BCUT2D eigenvalue weighted by molar-refractivity contribution is -0.118. The summed E-state index contributed by atoms with van der Waals surface area (Å²) in [5, 5.41) is 5.47. The maximum absolute atomic E-state index is 11.9. The molecule has 0 saturated heterocycles. The SMILES string of the molecule is COc1ccc(NC(=O)c2ccco2)cc1NC(=O)C(C)C. The molecule has 22 heavy (non-hydrogen) atoms. The Morgan fingerprint density at radius 2 is 1.95 bits per heavy atom. The Hall–Kier alpha value is -2.76. The number of nitrogens with one attached hydrogen (secondary N) is 2. The molecule has 2 aromatic rings. The van der Waals surface area contributed by atoms with E-state index in [0.717, 1.165) is 0 Å². The van der Waals surface area contributed by atoms with Crippen molar-refractivity contribution < 1.29 is 18.7 Å². The second kappa shape index (κ2) is 6.80. The number of benzene rings is 1. The Morgan fingerprint density at radius 3 is 2.55 bits per heavy atom. The third kappa shape index (κ3) is 3.66. The van der Waals surface area contributed by atoms with E-state index in [-0.39, 0.29) is 23.5 Å². The number of amides is 2. The van der Waals surface area contributed by atoms with E-state index in [1.54, 1.807) is 44.2 Å². The van der Waals surface area contributed by atoms with Crippen molar-refractivity contribution in [3.05, 3.63) is 42.4 Å². The lowest BCUT2D eigenvalue weighted by Gasteiger charge is -2.13. The van der Waals surface area contributed by atoms with E-state index in [9.17, 15) is 9.59 Å². The number of anilines is 2. The first-order valence-corrected chi connectivity index (χ1v) is 6.85. The van der Waals surface area contributed by atoms with Gasteiger partial charge in [0, 0.05) is 11.6 Å². The first-order chi connectivity index (χ1) is 10.5. The molecule has 6 nitrogen and oxygen atoms in total. The first-order valence-electron chi connectivity index (χ1n) is 6.85. The van der Waals surface area contributed by atoms with Crippen LogP contribution in [0.15, 0.2) is 41.0 Å². The molecule has 2 amide bonds. The number of carbonyl (C=O) groups is 2. The molecule has 116 valence electrons. The van der Waals surface area contributed by atoms with Crippen molar-refractivity contribution in [1.82, 2.24) is 0 Å². The summed E-state index contributed by atoms with van der Waals surface area (Å²) in [5.74, 6) is 0.0729. The van der Waals surface area contributed by atoms with Crippen LogP contribution in [0.5, 0.6) is 5.75 Å². The Kier molecular flexibility index (Phi) is 4.83. The van der Waals surface area contributed by atoms with E-state index < -0.39 is 0 Å². The van der Waals surface area contributed by atoms with Crippen LogP contribution in [0.25, 0.3) is 0 Å². The molecular weight excluding hydrogens is 284 g/mol. The van der Waals surface area contributed by atoms with Crippen molar-refractivity contribution in [1.29, 1.82) is 0 Å². The van der Waals surface area contributed by atoms with Gasteiger partial charge in [-0.1, -0.05) is 13.8 Å². The third-order valence-electron chi connectivity index (χ3n) is 2.98. The maximum atomic E-state index is 11.9. The van der Waals surface area contributed by atoms with Gasteiger partial charge in [-0.3, -0.25) is 9.59 Å². The van der Waals surface area contributed by atoms with E-state index in [4.69, 9.17) is 9.15 Å². The van der Waals surface area contributed by atoms with Gasteiger partial charge in [0.05, 0.1) is 19.1 Å². The summed E-state index contributed by atoms with van der Waals surface area (Å²) in [5.41, 5.74) is 1.03. The number of rotatable bonds is 5. The zero-order chi connectivity index (χ0) is 16.1. The standard InChI is InChI=1S/C16H18N2O4/c1-10(2)15(19)18-12-9-11(6-7-13(12)21-3)17-16(20)14-5-4-8-22-14/h4-10H,1-3H3,(H,17,20)(H,18,19). The van der Waals surface area contributed by atoms with Crippen LogP contribution in [0.3, 0.4) is 0 Å². The second-order valence-corrected chi connectivity index (χ2v) is 4.99. The van der Waals surface area contributed by atoms with Crippen LogP contribution in [0.1, 0.15) is 24.4 Å². The van der Waals surface area contributed by atoms with E-state index >= 15 is 0 Å². The number of furan rings is 1. The molecule has 0 atom stereocenters. The Bertz CT molecular complexity index is 663. The number of ether oxygens (including phenoxy) is 1. The Balaban J connectivity index is 2.19. The minimum absolute atomic E-state index is 0.132. The highest BCUT2D eigenvalue weighted by molar-refractivity contribution is 6.03. The van der Waals surface area contributed by atoms with Gasteiger partial charge in [-0.15, -0.1) is 0 Å². The molecule has 0 fully saturated rings. The first kappa shape index (κ1) is 15.6. The van der Waals surface area contributed by atoms with Gasteiger partial charge in [0.1, 0.15) is 5.75 Å². The van der Waals surface area contributed by atoms with Crippen LogP contribution in [0.2, 0.25) is 0 Å². The summed E-state index contributed by atoms with van der Waals surface area (Å²) in [4.78, 5) is 23.8. The molecule has 1 aromatic heterocycles. The summed E-state index contributed by atoms with van der Waals surface area (Å²) in [6.45, 7) is 3.59. The van der Waals surface area contributed by atoms with Crippen molar-refractivity contribution in [3.8, 4) is 5.75 Å². The average Bonchev–Trinajstić information content (AvgIpc) is 3.01. The maximum Gasteiger partial charge on any atom is 0.291 e. The van der Waals surface area contributed by atoms with Crippen LogP contribution < -0.4 is 15.4 Å². The van der Waals surface area contributed by atoms with Crippen LogP contribution in [0, 0.1) is 5.92 Å². The zero-order valence-corrected chi connectivity index (χ0v) is 12.7. The molecular formula is C16H18N2O4. The monoisotopic (exact) mass is 302 g/mol. The molecule has 0 spiro atoms. The lowest BCUT2D eigenvalue weighted by Crippen LogP contribution is -2.18. The van der Waals surface area contributed by atoms with E-state index in [1.807, 2.05) is 0 Å². The molecule has 0 aliphatic rings. The van der Waals surface area contributed by atoms with Gasteiger partial charge in [0.15, 0.2) is 5.76 Å². The van der Waals surface area contributed by atoms with Crippen LogP contribution >= 0.6 is 0 Å². The lowest BCUT2D eigenvalue weighted by atomic mass is 10.2. The van der Waals surface area contributed by atoms with Crippen molar-refractivity contribution in [2.45, 2.75) is 13.8 Å². The molecule has 0 bridgehead atoms. The van der Waals surface area contributed by atoms with E-state index in [2.05, 4.69) is 10.6 Å². The van der Waals surface area contributed by atoms with Crippen LogP contribution in [0.4, 0.5) is 11.4 Å². The van der Waals surface area contributed by atoms with Crippen molar-refractivity contribution in [2.75, 3.05) is 17.7 Å². The number of carbonyl (C=O) groups excluding carboxylic acids is 2. The van der Waals surface area contributed by atoms with Gasteiger partial charge in [-0.05, 0) is 30.3 Å². The molecule has 1 heterocycles. The smallest absolute Gasteiger partial charge is 0.291 e. The minimum atomic E-state index is -0.365. The summed E-state index contributed by atoms with van der Waals surface area (Å²) >= 11 is 0.